The highest BCUT2D eigenvalue weighted by Crippen LogP contribution is 2.29. The number of amides is 1. The maximum absolute atomic E-state index is 13.7. The maximum atomic E-state index is 13.7. The van der Waals surface area contributed by atoms with Crippen LogP contribution in [0.5, 0.6) is 0 Å². The molecule has 1 aliphatic rings. The summed E-state index contributed by atoms with van der Waals surface area (Å²) < 4.78 is 1.67. The number of rotatable bonds is 6. The topological polar surface area (TPSA) is 41.4 Å². The lowest BCUT2D eigenvalue weighted by molar-refractivity contribution is 0.0641. The van der Waals surface area contributed by atoms with Crippen LogP contribution in [0.15, 0.2) is 91.0 Å². The van der Waals surface area contributed by atoms with E-state index >= 15 is 0 Å². The third-order valence-electron chi connectivity index (χ3n) is 6.26. The number of carbonyl (C=O) groups is 1. The van der Waals surface area contributed by atoms with Crippen molar-refractivity contribution >= 4 is 35.2 Å². The summed E-state index contributed by atoms with van der Waals surface area (Å²) in [5.41, 5.74) is 3.84. The molecule has 182 valence electrons. The van der Waals surface area contributed by atoms with Gasteiger partial charge in [-0.3, -0.25) is 9.69 Å². The van der Waals surface area contributed by atoms with Gasteiger partial charge in [-0.05, 0) is 35.9 Å². The number of nitrogens with zero attached hydrogens (tertiary/aromatic N) is 4. The average molecular weight is 517 g/mol. The molecule has 1 fully saturated rings. The summed E-state index contributed by atoms with van der Waals surface area (Å²) in [6, 6.07) is 27.0. The molecule has 0 bridgehead atoms. The summed E-state index contributed by atoms with van der Waals surface area (Å²) in [5, 5.41) is 5.93. The third kappa shape index (κ3) is 5.54. The van der Waals surface area contributed by atoms with E-state index in [1.165, 1.54) is 5.56 Å². The standard InChI is InChI=1S/C29H26Cl2N4O/c30-23-11-6-12-24(20-23)35-28(21-27(32-35)25-13-4-5-14-26(25)31)29(36)34-18-16-33(17-19-34)15-7-10-22-8-2-1-3-9-22/h1-14,20-21H,15-19H2/b10-7+. The lowest BCUT2D eigenvalue weighted by Gasteiger charge is -2.34. The Morgan fingerprint density at radius 2 is 1.61 bits per heavy atom. The van der Waals surface area contributed by atoms with Crippen LogP contribution in [0.25, 0.3) is 23.0 Å². The lowest BCUT2D eigenvalue weighted by atomic mass is 10.1. The molecule has 0 atom stereocenters. The van der Waals surface area contributed by atoms with Gasteiger partial charge in [-0.15, -0.1) is 0 Å². The first-order valence-corrected chi connectivity index (χ1v) is 12.7. The first kappa shape index (κ1) is 24.3. The Labute approximate surface area is 221 Å². The van der Waals surface area contributed by atoms with Crippen molar-refractivity contribution in [2.75, 3.05) is 32.7 Å². The first-order valence-electron chi connectivity index (χ1n) is 11.9. The molecule has 0 spiro atoms. The minimum absolute atomic E-state index is 0.0553. The molecule has 0 aliphatic carbocycles. The highest BCUT2D eigenvalue weighted by molar-refractivity contribution is 6.33. The molecule has 5 nitrogen and oxygen atoms in total. The second kappa shape index (κ2) is 11.1. The fourth-order valence-corrected chi connectivity index (χ4v) is 4.75. The number of hydrogen-bond acceptors (Lipinski definition) is 3. The zero-order valence-electron chi connectivity index (χ0n) is 19.7. The van der Waals surface area contributed by atoms with Gasteiger partial charge in [0.25, 0.3) is 5.91 Å². The molecule has 36 heavy (non-hydrogen) atoms. The molecule has 1 aliphatic heterocycles. The van der Waals surface area contributed by atoms with Gasteiger partial charge >= 0.3 is 0 Å². The van der Waals surface area contributed by atoms with Crippen molar-refractivity contribution in [1.29, 1.82) is 0 Å². The zero-order chi connectivity index (χ0) is 24.9. The SMILES string of the molecule is O=C(c1cc(-c2ccccc2Cl)nn1-c1cccc(Cl)c1)N1CCN(C/C=C/c2ccccc2)CC1. The molecule has 0 N–H and O–H groups in total. The Bertz CT molecular complexity index is 1380. The van der Waals surface area contributed by atoms with E-state index in [4.69, 9.17) is 28.3 Å². The lowest BCUT2D eigenvalue weighted by Crippen LogP contribution is -2.49. The van der Waals surface area contributed by atoms with Crippen molar-refractivity contribution in [1.82, 2.24) is 19.6 Å². The fraction of sp³-hybridized carbons (Fsp3) is 0.172. The highest BCUT2D eigenvalue weighted by atomic mass is 35.5. The van der Waals surface area contributed by atoms with E-state index in [0.29, 0.717) is 34.5 Å². The number of aromatic nitrogens is 2. The quantitative estimate of drug-likeness (QED) is 0.301. The molecule has 4 aromatic rings. The van der Waals surface area contributed by atoms with Gasteiger partial charge in [0.1, 0.15) is 5.69 Å². The van der Waals surface area contributed by atoms with Crippen molar-refractivity contribution < 1.29 is 4.79 Å². The Kier molecular flexibility index (Phi) is 7.52. The molecule has 1 aromatic heterocycles. The molecule has 3 aromatic carbocycles. The van der Waals surface area contributed by atoms with Crippen LogP contribution in [0.1, 0.15) is 16.1 Å². The summed E-state index contributed by atoms with van der Waals surface area (Å²) in [6.45, 7) is 3.79. The Balaban J connectivity index is 1.34. The summed E-state index contributed by atoms with van der Waals surface area (Å²) in [6.07, 6.45) is 4.31. The van der Waals surface area contributed by atoms with Gasteiger partial charge in [0.05, 0.1) is 16.4 Å². The van der Waals surface area contributed by atoms with Crippen molar-refractivity contribution in [3.8, 4) is 16.9 Å². The van der Waals surface area contributed by atoms with Crippen LogP contribution in [0.2, 0.25) is 10.0 Å². The summed E-state index contributed by atoms with van der Waals surface area (Å²) in [4.78, 5) is 17.9. The average Bonchev–Trinajstić information content (AvgIpc) is 3.35. The second-order valence-corrected chi connectivity index (χ2v) is 9.54. The molecule has 1 amide bonds. The van der Waals surface area contributed by atoms with Gasteiger partial charge in [0.2, 0.25) is 0 Å². The molecule has 0 unspecified atom stereocenters. The predicted octanol–water partition coefficient (Wildman–Crippen LogP) is 6.32. The molecular weight excluding hydrogens is 491 g/mol. The van der Waals surface area contributed by atoms with Crippen molar-refractivity contribution in [3.63, 3.8) is 0 Å². The number of hydrogen-bond donors (Lipinski definition) is 0. The van der Waals surface area contributed by atoms with Crippen LogP contribution in [-0.2, 0) is 0 Å². The van der Waals surface area contributed by atoms with Gasteiger partial charge < -0.3 is 4.90 Å². The summed E-state index contributed by atoms with van der Waals surface area (Å²) >= 11 is 12.7. The minimum atomic E-state index is -0.0553. The van der Waals surface area contributed by atoms with Gasteiger partial charge in [0.15, 0.2) is 0 Å². The van der Waals surface area contributed by atoms with Gasteiger partial charge in [-0.2, -0.15) is 5.10 Å². The number of halogens is 2. The molecule has 1 saturated heterocycles. The molecule has 0 radical (unpaired) electrons. The number of carbonyl (C=O) groups excluding carboxylic acids is 1. The molecule has 7 heteroatoms. The Morgan fingerprint density at radius 1 is 0.861 bits per heavy atom. The fourth-order valence-electron chi connectivity index (χ4n) is 4.34. The number of piperazine rings is 1. The smallest absolute Gasteiger partial charge is 0.272 e. The maximum Gasteiger partial charge on any atom is 0.272 e. The minimum Gasteiger partial charge on any atom is -0.335 e. The van der Waals surface area contributed by atoms with Gasteiger partial charge in [-0.25, -0.2) is 4.68 Å². The largest absolute Gasteiger partial charge is 0.335 e. The van der Waals surface area contributed by atoms with Crippen LogP contribution in [0.3, 0.4) is 0 Å². The summed E-state index contributed by atoms with van der Waals surface area (Å²) in [5.74, 6) is -0.0553. The molecule has 2 heterocycles. The van der Waals surface area contributed by atoms with Crippen molar-refractivity contribution in [2.45, 2.75) is 0 Å². The van der Waals surface area contributed by atoms with Crippen molar-refractivity contribution in [3.05, 3.63) is 112 Å². The van der Waals surface area contributed by atoms with E-state index in [0.717, 1.165) is 30.9 Å². The highest BCUT2D eigenvalue weighted by Gasteiger charge is 2.26. The van der Waals surface area contributed by atoms with Crippen LogP contribution in [-0.4, -0.2) is 58.2 Å². The van der Waals surface area contributed by atoms with Crippen LogP contribution in [0, 0.1) is 0 Å². The molecular formula is C29H26Cl2N4O. The number of benzene rings is 3. The Morgan fingerprint density at radius 3 is 2.36 bits per heavy atom. The van der Waals surface area contributed by atoms with E-state index in [9.17, 15) is 4.79 Å². The predicted molar refractivity (Wildman–Crippen MR) is 147 cm³/mol. The van der Waals surface area contributed by atoms with Crippen LogP contribution < -0.4 is 0 Å². The van der Waals surface area contributed by atoms with Gasteiger partial charge in [0, 0.05) is 43.3 Å². The molecule has 0 saturated carbocycles. The van der Waals surface area contributed by atoms with E-state index in [1.807, 2.05) is 65.6 Å². The first-order chi connectivity index (χ1) is 17.6. The zero-order valence-corrected chi connectivity index (χ0v) is 21.2. The van der Waals surface area contributed by atoms with E-state index < -0.39 is 0 Å². The third-order valence-corrected chi connectivity index (χ3v) is 6.83. The van der Waals surface area contributed by atoms with Crippen molar-refractivity contribution in [2.24, 2.45) is 0 Å². The summed E-state index contributed by atoms with van der Waals surface area (Å²) in [7, 11) is 0. The second-order valence-electron chi connectivity index (χ2n) is 8.69. The normalized spacial score (nSPS) is 14.4. The van der Waals surface area contributed by atoms with Crippen LogP contribution >= 0.6 is 23.2 Å². The van der Waals surface area contributed by atoms with Gasteiger partial charge in [-0.1, -0.05) is 90.0 Å². The monoisotopic (exact) mass is 516 g/mol. The Hall–Kier alpha value is -3.38. The van der Waals surface area contributed by atoms with Crippen LogP contribution in [0.4, 0.5) is 0 Å². The van der Waals surface area contributed by atoms with E-state index in [2.05, 4.69) is 29.2 Å². The molecule has 5 rings (SSSR count). The van der Waals surface area contributed by atoms with E-state index in [-0.39, 0.29) is 5.91 Å². The van der Waals surface area contributed by atoms with E-state index in [1.54, 1.807) is 16.8 Å².